The molecule has 5 heteroatoms. The number of nitrogens with two attached hydrogens (primary N) is 1. The van der Waals surface area contributed by atoms with Gasteiger partial charge in [0.25, 0.3) is 0 Å². The van der Waals surface area contributed by atoms with Crippen molar-refractivity contribution in [2.24, 2.45) is 11.7 Å². The average Bonchev–Trinajstić information content (AvgIpc) is 2.86. The lowest BCUT2D eigenvalue weighted by Gasteiger charge is -2.27. The van der Waals surface area contributed by atoms with Crippen molar-refractivity contribution < 1.29 is 14.2 Å². The normalized spacial score (nSPS) is 22.9. The van der Waals surface area contributed by atoms with E-state index in [2.05, 4.69) is 11.9 Å². The summed E-state index contributed by atoms with van der Waals surface area (Å²) in [6.45, 7) is 1.72. The Labute approximate surface area is 120 Å². The molecule has 0 aliphatic carbocycles. The molecule has 5 nitrogen and oxygen atoms in total. The first-order chi connectivity index (χ1) is 9.65. The Morgan fingerprint density at radius 3 is 2.25 bits per heavy atom. The van der Waals surface area contributed by atoms with Crippen molar-refractivity contribution in [3.8, 4) is 17.2 Å². The summed E-state index contributed by atoms with van der Waals surface area (Å²) >= 11 is 0. The molecule has 1 fully saturated rings. The summed E-state index contributed by atoms with van der Waals surface area (Å²) in [7, 11) is 7.07. The van der Waals surface area contributed by atoms with E-state index in [4.69, 9.17) is 19.9 Å². The van der Waals surface area contributed by atoms with Crippen LogP contribution in [0, 0.1) is 5.92 Å². The number of likely N-dealkylation sites (tertiary alicyclic amines) is 1. The van der Waals surface area contributed by atoms with Gasteiger partial charge in [-0.2, -0.15) is 0 Å². The van der Waals surface area contributed by atoms with Crippen LogP contribution in [0.4, 0.5) is 0 Å². The molecular formula is C15H24N2O3. The molecule has 0 aromatic heterocycles. The standard InChI is InChI=1S/C15H24N2O3/c1-17-6-5-10(9-16)15(17)11-7-13(19-3)14(20-4)8-12(11)18-2/h7-8,10,15H,5-6,9,16H2,1-4H3. The summed E-state index contributed by atoms with van der Waals surface area (Å²) < 4.78 is 16.3. The van der Waals surface area contributed by atoms with Crippen LogP contribution in [0.5, 0.6) is 17.2 Å². The van der Waals surface area contributed by atoms with Gasteiger partial charge in [-0.05, 0) is 38.5 Å². The van der Waals surface area contributed by atoms with E-state index in [0.717, 1.165) is 30.0 Å². The molecule has 112 valence electrons. The maximum atomic E-state index is 5.92. The predicted octanol–water partition coefficient (Wildman–Crippen LogP) is 1.66. The van der Waals surface area contributed by atoms with Crippen molar-refractivity contribution in [2.75, 3.05) is 41.5 Å². The molecule has 2 atom stereocenters. The Hall–Kier alpha value is -1.46. The maximum Gasteiger partial charge on any atom is 0.164 e. The first-order valence-electron chi connectivity index (χ1n) is 6.86. The molecule has 1 aliphatic heterocycles. The molecule has 1 aromatic carbocycles. The SMILES string of the molecule is COc1cc(OC)c(C2C(CN)CCN2C)cc1OC. The summed E-state index contributed by atoms with van der Waals surface area (Å²) in [5, 5.41) is 0. The van der Waals surface area contributed by atoms with Crippen LogP contribution in [-0.4, -0.2) is 46.4 Å². The third-order valence-electron chi connectivity index (χ3n) is 4.13. The second-order valence-electron chi connectivity index (χ2n) is 5.16. The van der Waals surface area contributed by atoms with Gasteiger partial charge < -0.3 is 19.9 Å². The quantitative estimate of drug-likeness (QED) is 0.889. The molecule has 1 saturated heterocycles. The highest BCUT2D eigenvalue weighted by Crippen LogP contribution is 2.44. The van der Waals surface area contributed by atoms with E-state index in [9.17, 15) is 0 Å². The molecule has 2 unspecified atom stereocenters. The summed E-state index contributed by atoms with van der Waals surface area (Å²) in [4.78, 5) is 2.32. The van der Waals surface area contributed by atoms with Gasteiger partial charge in [0.05, 0.1) is 21.3 Å². The molecule has 0 amide bonds. The van der Waals surface area contributed by atoms with Gasteiger partial charge in [-0.15, -0.1) is 0 Å². The minimum Gasteiger partial charge on any atom is -0.496 e. The number of hydrogen-bond acceptors (Lipinski definition) is 5. The monoisotopic (exact) mass is 280 g/mol. The highest BCUT2D eigenvalue weighted by Gasteiger charge is 2.34. The minimum atomic E-state index is 0.259. The van der Waals surface area contributed by atoms with Crippen molar-refractivity contribution in [1.29, 1.82) is 0 Å². The summed E-state index contributed by atoms with van der Waals surface area (Å²) in [6.07, 6.45) is 1.11. The predicted molar refractivity (Wildman–Crippen MR) is 78.6 cm³/mol. The third kappa shape index (κ3) is 2.55. The zero-order valence-electron chi connectivity index (χ0n) is 12.7. The average molecular weight is 280 g/mol. The summed E-state index contributed by atoms with van der Waals surface area (Å²) in [5.74, 6) is 2.66. The molecular weight excluding hydrogens is 256 g/mol. The van der Waals surface area contributed by atoms with E-state index in [1.54, 1.807) is 21.3 Å². The molecule has 1 aliphatic rings. The Morgan fingerprint density at radius 2 is 1.70 bits per heavy atom. The number of rotatable bonds is 5. The van der Waals surface area contributed by atoms with Crippen LogP contribution in [0.25, 0.3) is 0 Å². The van der Waals surface area contributed by atoms with E-state index >= 15 is 0 Å². The highest BCUT2D eigenvalue weighted by atomic mass is 16.5. The Balaban J connectivity index is 2.48. The molecule has 20 heavy (non-hydrogen) atoms. The van der Waals surface area contributed by atoms with Crippen LogP contribution >= 0.6 is 0 Å². The van der Waals surface area contributed by atoms with E-state index < -0.39 is 0 Å². The smallest absolute Gasteiger partial charge is 0.164 e. The molecule has 1 heterocycles. The van der Waals surface area contributed by atoms with Crippen molar-refractivity contribution in [3.05, 3.63) is 17.7 Å². The summed E-state index contributed by atoms with van der Waals surface area (Å²) in [6, 6.07) is 4.15. The molecule has 0 bridgehead atoms. The first-order valence-corrected chi connectivity index (χ1v) is 6.86. The van der Waals surface area contributed by atoms with Crippen molar-refractivity contribution in [1.82, 2.24) is 4.90 Å². The van der Waals surface area contributed by atoms with Crippen molar-refractivity contribution in [3.63, 3.8) is 0 Å². The number of nitrogens with zero attached hydrogens (tertiary/aromatic N) is 1. The lowest BCUT2D eigenvalue weighted by molar-refractivity contribution is 0.267. The van der Waals surface area contributed by atoms with Crippen LogP contribution in [0.3, 0.4) is 0 Å². The van der Waals surface area contributed by atoms with Gasteiger partial charge in [-0.3, -0.25) is 4.90 Å². The fourth-order valence-corrected chi connectivity index (χ4v) is 3.05. The number of benzene rings is 1. The van der Waals surface area contributed by atoms with Gasteiger partial charge in [0.2, 0.25) is 0 Å². The highest BCUT2D eigenvalue weighted by molar-refractivity contribution is 5.52. The Kier molecular flexibility index (Phi) is 4.73. The van der Waals surface area contributed by atoms with Crippen LogP contribution in [0.15, 0.2) is 12.1 Å². The topological polar surface area (TPSA) is 57.0 Å². The Bertz CT molecular complexity index is 465. The first kappa shape index (κ1) is 14.9. The largest absolute Gasteiger partial charge is 0.496 e. The van der Waals surface area contributed by atoms with Gasteiger partial charge in [0.1, 0.15) is 5.75 Å². The summed E-state index contributed by atoms with van der Waals surface area (Å²) in [5.41, 5.74) is 7.03. The number of ether oxygens (including phenoxy) is 3. The van der Waals surface area contributed by atoms with Gasteiger partial charge >= 0.3 is 0 Å². The third-order valence-corrected chi connectivity index (χ3v) is 4.13. The molecule has 2 N–H and O–H groups in total. The molecule has 2 rings (SSSR count). The van der Waals surface area contributed by atoms with Gasteiger partial charge in [-0.1, -0.05) is 0 Å². The number of methoxy groups -OCH3 is 3. The van der Waals surface area contributed by atoms with Crippen molar-refractivity contribution >= 4 is 0 Å². The van der Waals surface area contributed by atoms with Gasteiger partial charge in [-0.25, -0.2) is 0 Å². The second kappa shape index (κ2) is 6.33. The second-order valence-corrected chi connectivity index (χ2v) is 5.16. The van der Waals surface area contributed by atoms with E-state index in [1.165, 1.54) is 0 Å². The fourth-order valence-electron chi connectivity index (χ4n) is 3.05. The molecule has 0 radical (unpaired) electrons. The molecule has 1 aromatic rings. The maximum absolute atomic E-state index is 5.92. The molecule has 0 saturated carbocycles. The zero-order valence-corrected chi connectivity index (χ0v) is 12.7. The van der Waals surface area contributed by atoms with E-state index in [0.29, 0.717) is 18.2 Å². The van der Waals surface area contributed by atoms with Gasteiger partial charge in [0, 0.05) is 17.7 Å². The van der Waals surface area contributed by atoms with Crippen LogP contribution in [0.2, 0.25) is 0 Å². The van der Waals surface area contributed by atoms with Crippen LogP contribution < -0.4 is 19.9 Å². The minimum absolute atomic E-state index is 0.259. The van der Waals surface area contributed by atoms with E-state index in [-0.39, 0.29) is 6.04 Å². The Morgan fingerprint density at radius 1 is 1.10 bits per heavy atom. The fraction of sp³-hybridized carbons (Fsp3) is 0.600. The lowest BCUT2D eigenvalue weighted by Crippen LogP contribution is -2.25. The van der Waals surface area contributed by atoms with E-state index in [1.807, 2.05) is 12.1 Å². The van der Waals surface area contributed by atoms with Crippen molar-refractivity contribution in [2.45, 2.75) is 12.5 Å². The van der Waals surface area contributed by atoms with Crippen LogP contribution in [-0.2, 0) is 0 Å². The molecule has 0 spiro atoms. The number of hydrogen-bond donors (Lipinski definition) is 1. The lowest BCUT2D eigenvalue weighted by atomic mass is 9.93. The van der Waals surface area contributed by atoms with Gasteiger partial charge in [0.15, 0.2) is 11.5 Å². The zero-order chi connectivity index (χ0) is 14.7. The van der Waals surface area contributed by atoms with Crippen LogP contribution in [0.1, 0.15) is 18.0 Å².